The summed E-state index contributed by atoms with van der Waals surface area (Å²) in [5.74, 6) is -0.273. The zero-order chi connectivity index (χ0) is 16.2. The van der Waals surface area contributed by atoms with E-state index >= 15 is 0 Å². The van der Waals surface area contributed by atoms with Crippen LogP contribution in [0.1, 0.15) is 15.9 Å². The van der Waals surface area contributed by atoms with Gasteiger partial charge in [0.05, 0.1) is 17.3 Å². The molecule has 0 bridgehead atoms. The number of carbonyl (C=O) groups excluding carboxylic acids is 1. The lowest BCUT2D eigenvalue weighted by Gasteiger charge is -2.02. The molecule has 1 heterocycles. The predicted molar refractivity (Wildman–Crippen MR) is 99.4 cm³/mol. The Labute approximate surface area is 151 Å². The zero-order valence-corrected chi connectivity index (χ0v) is 14.8. The average molecular weight is 431 g/mol. The number of carbonyl (C=O) groups is 1. The standard InChI is InChI=1S/C17H10IN3OS/c18-14-6-4-12(5-7-14)15-10-23-17(20-15)21-16(22)13-3-1-2-11(8-13)9-19/h1-8,10H,(H,20,21,22). The molecule has 3 aromatic rings. The van der Waals surface area contributed by atoms with E-state index in [-0.39, 0.29) is 5.91 Å². The van der Waals surface area contributed by atoms with Gasteiger partial charge in [-0.1, -0.05) is 18.2 Å². The van der Waals surface area contributed by atoms with Gasteiger partial charge in [-0.25, -0.2) is 4.98 Å². The highest BCUT2D eigenvalue weighted by molar-refractivity contribution is 14.1. The van der Waals surface area contributed by atoms with Crippen LogP contribution >= 0.6 is 33.9 Å². The highest BCUT2D eigenvalue weighted by atomic mass is 127. The number of nitrogens with one attached hydrogen (secondary N) is 1. The summed E-state index contributed by atoms with van der Waals surface area (Å²) in [5.41, 5.74) is 2.73. The molecule has 112 valence electrons. The third kappa shape index (κ3) is 3.75. The molecule has 0 atom stereocenters. The van der Waals surface area contributed by atoms with Gasteiger partial charge in [0.15, 0.2) is 5.13 Å². The fraction of sp³-hybridized carbons (Fsp3) is 0. The van der Waals surface area contributed by atoms with E-state index < -0.39 is 0 Å². The average Bonchev–Trinajstić information content (AvgIpc) is 3.04. The summed E-state index contributed by atoms with van der Waals surface area (Å²) in [6.45, 7) is 0. The van der Waals surface area contributed by atoms with Crippen molar-refractivity contribution in [3.8, 4) is 17.3 Å². The Balaban J connectivity index is 1.77. The van der Waals surface area contributed by atoms with E-state index in [0.29, 0.717) is 16.3 Å². The van der Waals surface area contributed by atoms with Crippen LogP contribution in [0, 0.1) is 14.9 Å². The largest absolute Gasteiger partial charge is 0.298 e. The smallest absolute Gasteiger partial charge is 0.257 e. The molecule has 4 nitrogen and oxygen atoms in total. The lowest BCUT2D eigenvalue weighted by atomic mass is 10.1. The van der Waals surface area contributed by atoms with Crippen LogP contribution in [-0.4, -0.2) is 10.9 Å². The fourth-order valence-corrected chi connectivity index (χ4v) is 3.06. The van der Waals surface area contributed by atoms with E-state index in [0.717, 1.165) is 14.8 Å². The van der Waals surface area contributed by atoms with Crippen molar-refractivity contribution >= 4 is 45.0 Å². The first-order chi connectivity index (χ1) is 11.2. The molecule has 2 aromatic carbocycles. The van der Waals surface area contributed by atoms with E-state index in [2.05, 4.69) is 32.9 Å². The second kappa shape index (κ2) is 6.89. The minimum absolute atomic E-state index is 0.273. The number of nitrogens with zero attached hydrogens (tertiary/aromatic N) is 2. The van der Waals surface area contributed by atoms with Crippen LogP contribution in [0.5, 0.6) is 0 Å². The fourth-order valence-electron chi connectivity index (χ4n) is 1.98. The van der Waals surface area contributed by atoms with Crippen molar-refractivity contribution < 1.29 is 4.79 Å². The third-order valence-electron chi connectivity index (χ3n) is 3.12. The molecule has 0 spiro atoms. The molecule has 0 aliphatic carbocycles. The van der Waals surface area contributed by atoms with Crippen molar-refractivity contribution in [2.75, 3.05) is 5.32 Å². The SMILES string of the molecule is N#Cc1cccc(C(=O)Nc2nc(-c3ccc(I)cc3)cs2)c1. The van der Waals surface area contributed by atoms with Crippen LogP contribution in [0.15, 0.2) is 53.9 Å². The van der Waals surface area contributed by atoms with Crippen LogP contribution in [0.4, 0.5) is 5.13 Å². The van der Waals surface area contributed by atoms with Crippen molar-refractivity contribution in [2.45, 2.75) is 0 Å². The van der Waals surface area contributed by atoms with Crippen molar-refractivity contribution in [3.63, 3.8) is 0 Å². The van der Waals surface area contributed by atoms with E-state index in [1.165, 1.54) is 11.3 Å². The minimum atomic E-state index is -0.273. The lowest BCUT2D eigenvalue weighted by Crippen LogP contribution is -2.11. The molecule has 0 unspecified atom stereocenters. The van der Waals surface area contributed by atoms with Gasteiger partial charge in [-0.05, 0) is 52.9 Å². The third-order valence-corrected chi connectivity index (χ3v) is 4.60. The summed E-state index contributed by atoms with van der Waals surface area (Å²) < 4.78 is 1.16. The van der Waals surface area contributed by atoms with Crippen molar-refractivity contribution in [1.82, 2.24) is 4.98 Å². The normalized spacial score (nSPS) is 10.1. The summed E-state index contributed by atoms with van der Waals surface area (Å²) >= 11 is 3.62. The summed E-state index contributed by atoms with van der Waals surface area (Å²) in [6, 6.07) is 16.6. The molecular formula is C17H10IN3OS. The first kappa shape index (κ1) is 15.6. The van der Waals surface area contributed by atoms with E-state index in [4.69, 9.17) is 5.26 Å². The topological polar surface area (TPSA) is 65.8 Å². The molecular weight excluding hydrogens is 421 g/mol. The second-order valence-corrected chi connectivity index (χ2v) is 6.80. The first-order valence-corrected chi connectivity index (χ1v) is 8.64. The van der Waals surface area contributed by atoms with E-state index in [1.807, 2.05) is 35.7 Å². The summed E-state index contributed by atoms with van der Waals surface area (Å²) in [6.07, 6.45) is 0. The quantitative estimate of drug-likeness (QED) is 0.620. The highest BCUT2D eigenvalue weighted by Crippen LogP contribution is 2.25. The van der Waals surface area contributed by atoms with Gasteiger partial charge < -0.3 is 0 Å². The van der Waals surface area contributed by atoms with Crippen LogP contribution in [0.2, 0.25) is 0 Å². The Kier molecular flexibility index (Phi) is 4.69. The molecule has 0 saturated heterocycles. The summed E-state index contributed by atoms with van der Waals surface area (Å²) in [7, 11) is 0. The van der Waals surface area contributed by atoms with Gasteiger partial charge in [0, 0.05) is 20.1 Å². The van der Waals surface area contributed by atoms with Gasteiger partial charge in [0.2, 0.25) is 0 Å². The zero-order valence-electron chi connectivity index (χ0n) is 11.8. The molecule has 0 radical (unpaired) electrons. The molecule has 3 rings (SSSR count). The number of hydrogen-bond acceptors (Lipinski definition) is 4. The molecule has 0 aliphatic rings. The van der Waals surface area contributed by atoms with Crippen LogP contribution in [0.3, 0.4) is 0 Å². The number of rotatable bonds is 3. The Morgan fingerprint density at radius 3 is 2.74 bits per heavy atom. The summed E-state index contributed by atoms with van der Waals surface area (Å²) in [4.78, 5) is 16.7. The number of halogens is 1. The molecule has 23 heavy (non-hydrogen) atoms. The molecule has 1 aromatic heterocycles. The van der Waals surface area contributed by atoms with Crippen LogP contribution in [0.25, 0.3) is 11.3 Å². The molecule has 0 saturated carbocycles. The molecule has 1 N–H and O–H groups in total. The van der Waals surface area contributed by atoms with Gasteiger partial charge in [0.1, 0.15) is 0 Å². The van der Waals surface area contributed by atoms with Crippen molar-refractivity contribution in [3.05, 3.63) is 68.6 Å². The molecule has 6 heteroatoms. The van der Waals surface area contributed by atoms with Crippen LogP contribution < -0.4 is 5.32 Å². The van der Waals surface area contributed by atoms with Gasteiger partial charge in [-0.2, -0.15) is 5.26 Å². The maximum absolute atomic E-state index is 12.2. The second-order valence-electron chi connectivity index (χ2n) is 4.69. The monoisotopic (exact) mass is 431 g/mol. The molecule has 0 fully saturated rings. The van der Waals surface area contributed by atoms with E-state index in [9.17, 15) is 4.79 Å². The van der Waals surface area contributed by atoms with Crippen molar-refractivity contribution in [2.24, 2.45) is 0 Å². The van der Waals surface area contributed by atoms with Gasteiger partial charge in [0.25, 0.3) is 5.91 Å². The molecule has 0 aliphatic heterocycles. The van der Waals surface area contributed by atoms with Gasteiger partial charge in [-0.15, -0.1) is 11.3 Å². The Morgan fingerprint density at radius 1 is 1.22 bits per heavy atom. The number of thiazole rings is 1. The molecule has 1 amide bonds. The number of hydrogen-bond donors (Lipinski definition) is 1. The number of nitriles is 1. The van der Waals surface area contributed by atoms with Gasteiger partial charge >= 0.3 is 0 Å². The van der Waals surface area contributed by atoms with Crippen molar-refractivity contribution in [1.29, 1.82) is 5.26 Å². The number of amides is 1. The first-order valence-electron chi connectivity index (χ1n) is 6.69. The minimum Gasteiger partial charge on any atom is -0.298 e. The lowest BCUT2D eigenvalue weighted by molar-refractivity contribution is 0.102. The number of benzene rings is 2. The highest BCUT2D eigenvalue weighted by Gasteiger charge is 2.10. The maximum atomic E-state index is 12.2. The number of anilines is 1. The maximum Gasteiger partial charge on any atom is 0.257 e. The Hall–Kier alpha value is -2.24. The van der Waals surface area contributed by atoms with Gasteiger partial charge in [-0.3, -0.25) is 10.1 Å². The Morgan fingerprint density at radius 2 is 2.00 bits per heavy atom. The van der Waals surface area contributed by atoms with Crippen LogP contribution in [-0.2, 0) is 0 Å². The summed E-state index contributed by atoms with van der Waals surface area (Å²) in [5, 5.41) is 14.1. The Bertz CT molecular complexity index is 897. The predicted octanol–water partition coefficient (Wildman–Crippen LogP) is 4.54. The van der Waals surface area contributed by atoms with E-state index in [1.54, 1.807) is 24.3 Å². The number of aromatic nitrogens is 1.